The monoisotopic (exact) mass is 597 g/mol. The van der Waals surface area contributed by atoms with Gasteiger partial charge < -0.3 is 20.3 Å². The normalized spacial score (nSPS) is 17.6. The second-order valence-corrected chi connectivity index (χ2v) is 12.5. The molecule has 1 unspecified atom stereocenters. The van der Waals surface area contributed by atoms with Gasteiger partial charge in [-0.15, -0.1) is 0 Å². The maximum Gasteiger partial charge on any atom is 0.254 e. The third kappa shape index (κ3) is 5.50. The van der Waals surface area contributed by atoms with Crippen molar-refractivity contribution in [1.82, 2.24) is 0 Å². The number of ether oxygens (including phenoxy) is 1. The minimum Gasteiger partial charge on any atom is -0.490 e. The van der Waals surface area contributed by atoms with Gasteiger partial charge in [-0.05, 0) is 90.6 Å². The van der Waals surface area contributed by atoms with Gasteiger partial charge in [-0.2, -0.15) is 0 Å². The molecule has 7 rings (SSSR count). The van der Waals surface area contributed by atoms with Gasteiger partial charge in [0.05, 0.1) is 11.8 Å². The van der Waals surface area contributed by atoms with Crippen molar-refractivity contribution in [3.8, 4) is 5.75 Å². The molecule has 2 aliphatic heterocycles. The Labute approximate surface area is 264 Å². The molecular weight excluding hydrogens is 558 g/mol. The van der Waals surface area contributed by atoms with Gasteiger partial charge in [0.2, 0.25) is 0 Å². The minimum atomic E-state index is -0.129. The number of fused-ring (bicyclic) bond motifs is 5. The maximum absolute atomic E-state index is 14.3. The van der Waals surface area contributed by atoms with Gasteiger partial charge in [0.15, 0.2) is 0 Å². The van der Waals surface area contributed by atoms with Crippen molar-refractivity contribution < 1.29 is 14.3 Å². The van der Waals surface area contributed by atoms with Crippen molar-refractivity contribution in [3.05, 3.63) is 106 Å². The number of hydrogen-bond acceptors (Lipinski definition) is 4. The van der Waals surface area contributed by atoms with Gasteiger partial charge in [0.1, 0.15) is 5.75 Å². The smallest absolute Gasteiger partial charge is 0.254 e. The van der Waals surface area contributed by atoms with Crippen LogP contribution in [0.2, 0.25) is 0 Å². The summed E-state index contributed by atoms with van der Waals surface area (Å²) >= 11 is 0. The molecule has 0 saturated heterocycles. The second kappa shape index (κ2) is 11.9. The largest absolute Gasteiger partial charge is 0.490 e. The summed E-state index contributed by atoms with van der Waals surface area (Å²) in [4.78, 5) is 29.5. The summed E-state index contributed by atoms with van der Waals surface area (Å²) in [7, 11) is 0. The molecule has 2 N–H and O–H groups in total. The van der Waals surface area contributed by atoms with E-state index in [9.17, 15) is 9.59 Å². The summed E-state index contributed by atoms with van der Waals surface area (Å²) in [6.07, 6.45) is 7.44. The second-order valence-electron chi connectivity index (χ2n) is 12.5. The fourth-order valence-electron chi connectivity index (χ4n) is 6.82. The lowest BCUT2D eigenvalue weighted by atomic mass is 9.95. The summed E-state index contributed by atoms with van der Waals surface area (Å²) in [5.74, 6) is 0.960. The Hall–Kier alpha value is -4.84. The van der Waals surface area contributed by atoms with Crippen molar-refractivity contribution in [1.29, 1.82) is 0 Å². The van der Waals surface area contributed by atoms with Crippen LogP contribution in [0.1, 0.15) is 68.2 Å². The molecule has 45 heavy (non-hydrogen) atoms. The Kier molecular flexibility index (Phi) is 7.66. The highest BCUT2D eigenvalue weighted by Gasteiger charge is 2.34. The zero-order chi connectivity index (χ0) is 31.1. The summed E-state index contributed by atoms with van der Waals surface area (Å²) in [6, 6.07) is 24.5. The molecule has 2 amide bonds. The zero-order valence-corrected chi connectivity index (χ0v) is 26.2. The predicted molar refractivity (Wildman–Crippen MR) is 184 cm³/mol. The average Bonchev–Trinajstić information content (AvgIpc) is 3.25. The lowest BCUT2D eigenvalue weighted by Crippen LogP contribution is -2.30. The standard InChI is InChI=1S/C39H39N3O3/c1-4-25(3)45-36-21-35-37(33-14-7-6-13-32(33)36)24(2)23-42(35)39(44)28-12-9-11-26-16-17-31(20-29(26)19-28)41-38(43)30-18-27-10-5-8-15-34(27)40-22-30/h5-8,10,13-21,24-25,40H,4,9,11-12,22-23H2,1-3H3,(H,41,43)/t24-,25?/m1/s1. The minimum absolute atomic E-state index is 0.0461. The fraction of sp³-hybridized carbons (Fsp3) is 0.282. The molecule has 6 nitrogen and oxygen atoms in total. The van der Waals surface area contributed by atoms with Crippen LogP contribution >= 0.6 is 0 Å². The van der Waals surface area contributed by atoms with Crippen LogP contribution in [-0.4, -0.2) is 31.0 Å². The third-order valence-corrected chi connectivity index (χ3v) is 9.37. The topological polar surface area (TPSA) is 70.7 Å². The predicted octanol–water partition coefficient (Wildman–Crippen LogP) is 8.33. The number of nitrogens with zero attached hydrogens (tertiary/aromatic N) is 1. The molecule has 0 bridgehead atoms. The molecule has 6 heteroatoms. The molecule has 3 aliphatic rings. The number of anilines is 3. The summed E-state index contributed by atoms with van der Waals surface area (Å²) < 4.78 is 6.39. The summed E-state index contributed by atoms with van der Waals surface area (Å²) in [5.41, 5.74) is 8.58. The van der Waals surface area contributed by atoms with E-state index >= 15 is 0 Å². The molecular formula is C39H39N3O3. The fourth-order valence-corrected chi connectivity index (χ4v) is 6.82. The first-order chi connectivity index (χ1) is 21.9. The number of benzene rings is 4. The lowest BCUT2D eigenvalue weighted by Gasteiger charge is -2.22. The molecule has 228 valence electrons. The van der Waals surface area contributed by atoms with Crippen LogP contribution in [0.25, 0.3) is 22.9 Å². The molecule has 0 saturated carbocycles. The lowest BCUT2D eigenvalue weighted by molar-refractivity contribution is -0.115. The number of aryl methyl sites for hydroxylation is 1. The molecule has 2 heterocycles. The van der Waals surface area contributed by atoms with E-state index in [-0.39, 0.29) is 23.8 Å². The highest BCUT2D eigenvalue weighted by Crippen LogP contribution is 2.46. The van der Waals surface area contributed by atoms with E-state index in [1.165, 1.54) is 11.1 Å². The number of nitrogens with one attached hydrogen (secondary N) is 2. The zero-order valence-electron chi connectivity index (χ0n) is 26.2. The third-order valence-electron chi connectivity index (χ3n) is 9.37. The Bertz CT molecular complexity index is 1890. The van der Waals surface area contributed by atoms with Crippen LogP contribution in [0, 0.1) is 0 Å². The van der Waals surface area contributed by atoms with Crippen LogP contribution in [0.3, 0.4) is 0 Å². The Morgan fingerprint density at radius 2 is 1.73 bits per heavy atom. The van der Waals surface area contributed by atoms with Crippen LogP contribution in [0.5, 0.6) is 5.75 Å². The number of para-hydroxylation sites is 1. The van der Waals surface area contributed by atoms with E-state index in [1.807, 2.05) is 59.5 Å². The number of hydrogen-bond donors (Lipinski definition) is 2. The van der Waals surface area contributed by atoms with Gasteiger partial charge in [-0.1, -0.05) is 62.4 Å². The van der Waals surface area contributed by atoms with Gasteiger partial charge in [0, 0.05) is 53.0 Å². The first-order valence-corrected chi connectivity index (χ1v) is 16.1. The molecule has 1 aliphatic carbocycles. The Morgan fingerprint density at radius 1 is 0.956 bits per heavy atom. The molecule has 4 aromatic carbocycles. The van der Waals surface area contributed by atoms with Gasteiger partial charge in [-0.25, -0.2) is 0 Å². The Morgan fingerprint density at radius 3 is 2.58 bits per heavy atom. The average molecular weight is 598 g/mol. The van der Waals surface area contributed by atoms with E-state index in [0.29, 0.717) is 25.1 Å². The van der Waals surface area contributed by atoms with Crippen LogP contribution in [0.15, 0.2) is 83.9 Å². The highest BCUT2D eigenvalue weighted by atomic mass is 16.5. The van der Waals surface area contributed by atoms with E-state index in [1.54, 1.807) is 0 Å². The quantitative estimate of drug-likeness (QED) is 0.234. The van der Waals surface area contributed by atoms with Gasteiger partial charge in [-0.3, -0.25) is 9.59 Å². The van der Waals surface area contributed by atoms with E-state index in [4.69, 9.17) is 4.74 Å². The van der Waals surface area contributed by atoms with Gasteiger partial charge >= 0.3 is 0 Å². The van der Waals surface area contributed by atoms with E-state index < -0.39 is 0 Å². The van der Waals surface area contributed by atoms with Crippen molar-refractivity contribution in [2.24, 2.45) is 0 Å². The number of rotatable bonds is 6. The number of carbonyl (C=O) groups is 2. The Balaban J connectivity index is 1.18. The summed E-state index contributed by atoms with van der Waals surface area (Å²) in [5, 5.41) is 8.67. The number of carbonyl (C=O) groups excluding carboxylic acids is 2. The van der Waals surface area contributed by atoms with Crippen molar-refractivity contribution >= 4 is 51.8 Å². The van der Waals surface area contributed by atoms with Crippen molar-refractivity contribution in [2.75, 3.05) is 28.6 Å². The van der Waals surface area contributed by atoms with Crippen molar-refractivity contribution in [2.45, 2.75) is 58.5 Å². The SMILES string of the molecule is CCC(C)Oc1cc2c(c3ccccc13)[C@H](C)CN2C(=O)C1=Cc2cc(NC(=O)C3=Cc4ccccc4NC3)ccc2CCC1. The van der Waals surface area contributed by atoms with E-state index in [0.717, 1.165) is 69.5 Å². The van der Waals surface area contributed by atoms with Crippen LogP contribution in [0.4, 0.5) is 17.1 Å². The first kappa shape index (κ1) is 28.9. The summed E-state index contributed by atoms with van der Waals surface area (Å²) in [6.45, 7) is 7.52. The molecule has 0 spiro atoms. The van der Waals surface area contributed by atoms with Crippen molar-refractivity contribution in [3.63, 3.8) is 0 Å². The van der Waals surface area contributed by atoms with Crippen LogP contribution in [-0.2, 0) is 16.0 Å². The molecule has 4 aromatic rings. The van der Waals surface area contributed by atoms with Gasteiger partial charge in [0.25, 0.3) is 11.8 Å². The molecule has 0 aromatic heterocycles. The maximum atomic E-state index is 14.3. The van der Waals surface area contributed by atoms with E-state index in [2.05, 4.69) is 61.7 Å². The number of amides is 2. The molecule has 0 fully saturated rings. The first-order valence-electron chi connectivity index (χ1n) is 16.1. The highest BCUT2D eigenvalue weighted by molar-refractivity contribution is 6.12. The van der Waals surface area contributed by atoms with Crippen LogP contribution < -0.4 is 20.3 Å². The molecule has 0 radical (unpaired) electrons. The molecule has 2 atom stereocenters.